The first-order chi connectivity index (χ1) is 12.7. The van der Waals surface area contributed by atoms with Crippen molar-refractivity contribution in [1.29, 1.82) is 0 Å². The van der Waals surface area contributed by atoms with Gasteiger partial charge in [0.25, 0.3) is 0 Å². The molecule has 0 spiro atoms. The van der Waals surface area contributed by atoms with Crippen molar-refractivity contribution in [2.45, 2.75) is 16.2 Å². The number of rotatable bonds is 9. The summed E-state index contributed by atoms with van der Waals surface area (Å²) in [6, 6.07) is 7.91. The van der Waals surface area contributed by atoms with Crippen molar-refractivity contribution >= 4 is 27.8 Å². The molecule has 27 heavy (non-hydrogen) atoms. The third kappa shape index (κ3) is 5.91. The van der Waals surface area contributed by atoms with E-state index in [0.29, 0.717) is 17.5 Å². The molecule has 0 saturated heterocycles. The minimum absolute atomic E-state index is 0.0427. The van der Waals surface area contributed by atoms with Gasteiger partial charge in [-0.3, -0.25) is 4.79 Å². The van der Waals surface area contributed by atoms with E-state index in [2.05, 4.69) is 4.72 Å². The second-order valence-electron chi connectivity index (χ2n) is 5.39. The Morgan fingerprint density at radius 1 is 1.19 bits per heavy atom. The van der Waals surface area contributed by atoms with Gasteiger partial charge in [0, 0.05) is 6.54 Å². The first-order valence-corrected chi connectivity index (χ1v) is 10.2. The van der Waals surface area contributed by atoms with Crippen molar-refractivity contribution in [3.05, 3.63) is 53.6 Å². The van der Waals surface area contributed by atoms with Gasteiger partial charge in [-0.15, -0.1) is 11.8 Å². The summed E-state index contributed by atoms with van der Waals surface area (Å²) in [4.78, 5) is 10.2. The maximum atomic E-state index is 14.0. The lowest BCUT2D eigenvalue weighted by atomic mass is 10.1. The number of carboxylic acid groups (broad SMARTS) is 1. The van der Waals surface area contributed by atoms with Gasteiger partial charge >= 0.3 is 5.97 Å². The summed E-state index contributed by atoms with van der Waals surface area (Å²) in [5.41, 5.74) is 0.252. The van der Waals surface area contributed by atoms with Crippen LogP contribution in [-0.4, -0.2) is 38.9 Å². The largest absolute Gasteiger partial charge is 0.497 e. The second kappa shape index (κ2) is 9.16. The number of nitrogens with one attached hydrogen (secondary N) is 1. The Balaban J connectivity index is 2.00. The average molecular weight is 417 g/mol. The predicted octanol–water partition coefficient (Wildman–Crippen LogP) is 2.67. The standard InChI is InChI=1S/C17H17F2NO5S2/c1-25-12-2-4-13(5-3-12)27(23,24)20-7-6-11-8-14(18)17(15(19)9-11)26-10-16(21)22/h2-5,8-9,20H,6-7,10H2,1H3,(H,21,22). The van der Waals surface area contributed by atoms with Crippen molar-refractivity contribution < 1.29 is 31.8 Å². The van der Waals surface area contributed by atoms with Gasteiger partial charge in [0.1, 0.15) is 17.4 Å². The molecule has 2 aromatic carbocycles. The molecule has 2 N–H and O–H groups in total. The number of sulfonamides is 1. The third-order valence-corrected chi connectivity index (χ3v) is 6.02. The number of benzene rings is 2. The minimum atomic E-state index is -3.76. The van der Waals surface area contributed by atoms with Crippen LogP contribution >= 0.6 is 11.8 Å². The van der Waals surface area contributed by atoms with Crippen LogP contribution in [0.2, 0.25) is 0 Å². The maximum absolute atomic E-state index is 14.0. The fraction of sp³-hybridized carbons (Fsp3) is 0.235. The molecule has 0 aliphatic carbocycles. The van der Waals surface area contributed by atoms with Crippen molar-refractivity contribution in [2.75, 3.05) is 19.4 Å². The smallest absolute Gasteiger partial charge is 0.313 e. The highest BCUT2D eigenvalue weighted by molar-refractivity contribution is 8.00. The van der Waals surface area contributed by atoms with Gasteiger partial charge in [0.15, 0.2) is 0 Å². The summed E-state index contributed by atoms with van der Waals surface area (Å²) in [7, 11) is -2.30. The zero-order valence-electron chi connectivity index (χ0n) is 14.2. The summed E-state index contributed by atoms with van der Waals surface area (Å²) in [6.07, 6.45) is 0.0626. The molecule has 0 saturated carbocycles. The topological polar surface area (TPSA) is 92.7 Å². The number of ether oxygens (including phenoxy) is 1. The molecule has 146 valence electrons. The van der Waals surface area contributed by atoms with Crippen molar-refractivity contribution in [1.82, 2.24) is 4.72 Å². The number of hydrogen-bond acceptors (Lipinski definition) is 5. The average Bonchev–Trinajstić information content (AvgIpc) is 2.60. The highest BCUT2D eigenvalue weighted by Gasteiger charge is 2.16. The Kier molecular flexibility index (Phi) is 7.17. The van der Waals surface area contributed by atoms with Gasteiger partial charge in [0.2, 0.25) is 10.0 Å². The van der Waals surface area contributed by atoms with Crippen LogP contribution in [0.3, 0.4) is 0 Å². The summed E-state index contributed by atoms with van der Waals surface area (Å²) in [5.74, 6) is -2.89. The molecule has 0 unspecified atom stereocenters. The van der Waals surface area contributed by atoms with Crippen LogP contribution in [0.25, 0.3) is 0 Å². The zero-order chi connectivity index (χ0) is 20.0. The summed E-state index contributed by atoms with van der Waals surface area (Å²) in [5, 5.41) is 8.59. The lowest BCUT2D eigenvalue weighted by Crippen LogP contribution is -2.26. The highest BCUT2D eigenvalue weighted by atomic mass is 32.2. The molecule has 2 aromatic rings. The Hall–Kier alpha value is -2.17. The fourth-order valence-corrected chi connectivity index (χ4v) is 3.89. The van der Waals surface area contributed by atoms with Gasteiger partial charge in [0.05, 0.1) is 22.7 Å². The van der Waals surface area contributed by atoms with E-state index < -0.39 is 33.4 Å². The van der Waals surface area contributed by atoms with E-state index in [-0.39, 0.29) is 28.3 Å². The monoisotopic (exact) mass is 417 g/mol. The van der Waals surface area contributed by atoms with Crippen LogP contribution in [-0.2, 0) is 21.2 Å². The van der Waals surface area contributed by atoms with Crippen molar-refractivity contribution in [2.24, 2.45) is 0 Å². The highest BCUT2D eigenvalue weighted by Crippen LogP contribution is 2.26. The molecule has 10 heteroatoms. The Labute approximate surface area is 159 Å². The normalized spacial score (nSPS) is 11.4. The van der Waals surface area contributed by atoms with E-state index in [1.54, 1.807) is 0 Å². The molecule has 0 aromatic heterocycles. The molecule has 0 aliphatic heterocycles. The molecule has 6 nitrogen and oxygen atoms in total. The molecule has 0 fully saturated rings. The fourth-order valence-electron chi connectivity index (χ4n) is 2.20. The van der Waals surface area contributed by atoms with E-state index in [0.717, 1.165) is 12.1 Å². The van der Waals surface area contributed by atoms with Gasteiger partial charge in [-0.1, -0.05) is 0 Å². The molecule has 0 heterocycles. The van der Waals surface area contributed by atoms with Crippen molar-refractivity contribution in [3.8, 4) is 5.75 Å². The number of methoxy groups -OCH3 is 1. The van der Waals surface area contributed by atoms with Crippen LogP contribution in [0.15, 0.2) is 46.2 Å². The van der Waals surface area contributed by atoms with Crippen molar-refractivity contribution in [3.63, 3.8) is 0 Å². The number of aliphatic carboxylic acids is 1. The Bertz CT molecular complexity index is 894. The lowest BCUT2D eigenvalue weighted by molar-refractivity contribution is -0.133. The van der Waals surface area contributed by atoms with Crippen LogP contribution in [0.1, 0.15) is 5.56 Å². The Morgan fingerprint density at radius 3 is 2.30 bits per heavy atom. The van der Waals surface area contributed by atoms with Crippen LogP contribution in [0.5, 0.6) is 5.75 Å². The first-order valence-electron chi connectivity index (χ1n) is 7.69. The maximum Gasteiger partial charge on any atom is 0.313 e. The Morgan fingerprint density at radius 2 is 1.78 bits per heavy atom. The van der Waals surface area contributed by atoms with E-state index in [1.165, 1.54) is 31.4 Å². The predicted molar refractivity (Wildman–Crippen MR) is 96.6 cm³/mol. The summed E-state index contributed by atoms with van der Waals surface area (Å²) >= 11 is 0.548. The first kappa shape index (κ1) is 21.1. The number of carboxylic acids is 1. The van der Waals surface area contributed by atoms with Crippen LogP contribution in [0, 0.1) is 11.6 Å². The quantitative estimate of drug-likeness (QED) is 0.610. The zero-order valence-corrected chi connectivity index (χ0v) is 15.9. The number of thioether (sulfide) groups is 1. The number of halogens is 2. The van der Waals surface area contributed by atoms with E-state index in [1.807, 2.05) is 0 Å². The molecule has 0 atom stereocenters. The van der Waals surface area contributed by atoms with Gasteiger partial charge in [-0.25, -0.2) is 21.9 Å². The molecule has 0 amide bonds. The molecule has 2 rings (SSSR count). The summed E-state index contributed by atoms with van der Waals surface area (Å²) in [6.45, 7) is -0.0607. The van der Waals surface area contributed by atoms with E-state index in [4.69, 9.17) is 9.84 Å². The number of carbonyl (C=O) groups is 1. The molecular weight excluding hydrogens is 400 g/mol. The minimum Gasteiger partial charge on any atom is -0.497 e. The summed E-state index contributed by atoms with van der Waals surface area (Å²) < 4.78 is 59.6. The SMILES string of the molecule is COc1ccc(S(=O)(=O)NCCc2cc(F)c(SCC(=O)O)c(F)c2)cc1. The van der Waals surface area contributed by atoms with E-state index in [9.17, 15) is 22.0 Å². The third-order valence-electron chi connectivity index (χ3n) is 3.47. The molecular formula is C17H17F2NO5S2. The number of hydrogen-bond donors (Lipinski definition) is 2. The van der Waals surface area contributed by atoms with Gasteiger partial charge in [-0.05, 0) is 48.4 Å². The van der Waals surface area contributed by atoms with Gasteiger partial charge < -0.3 is 9.84 Å². The van der Waals surface area contributed by atoms with E-state index >= 15 is 0 Å². The molecule has 0 aliphatic rings. The lowest BCUT2D eigenvalue weighted by Gasteiger charge is -2.09. The molecule has 0 bridgehead atoms. The molecule has 0 radical (unpaired) electrons. The van der Waals surface area contributed by atoms with Crippen LogP contribution in [0.4, 0.5) is 8.78 Å². The van der Waals surface area contributed by atoms with Gasteiger partial charge in [-0.2, -0.15) is 0 Å². The second-order valence-corrected chi connectivity index (χ2v) is 8.15. The van der Waals surface area contributed by atoms with Crippen LogP contribution < -0.4 is 9.46 Å².